The van der Waals surface area contributed by atoms with Gasteiger partial charge >= 0.3 is 0 Å². The molecule has 0 spiro atoms. The topological polar surface area (TPSA) is 22.1 Å². The van der Waals surface area contributed by atoms with Gasteiger partial charge in [0.15, 0.2) is 0 Å². The fourth-order valence-corrected chi connectivity index (χ4v) is 2.23. The van der Waals surface area contributed by atoms with E-state index in [1.54, 1.807) is 18.2 Å². The van der Waals surface area contributed by atoms with E-state index in [1.807, 2.05) is 13.0 Å². The quantitative estimate of drug-likeness (QED) is 0.756. The molecule has 0 aliphatic rings. The van der Waals surface area contributed by atoms with Gasteiger partial charge in [-0.25, -0.2) is 4.39 Å². The molecule has 2 nitrogen and oxygen atoms in total. The number of rotatable bonds is 4. The summed E-state index contributed by atoms with van der Waals surface area (Å²) in [6.07, 6.45) is 0. The lowest BCUT2D eigenvalue weighted by Gasteiger charge is -2.10. The number of hydrogen-bond acceptors (Lipinski definition) is 2. The summed E-state index contributed by atoms with van der Waals surface area (Å²) in [7, 11) is 0. The molecule has 0 saturated heterocycles. The molecular formula is C14H12BrClFNO. The van der Waals surface area contributed by atoms with Gasteiger partial charge in [0.2, 0.25) is 0 Å². The highest BCUT2D eigenvalue weighted by atomic mass is 79.9. The Morgan fingerprint density at radius 2 is 2.11 bits per heavy atom. The zero-order valence-electron chi connectivity index (χ0n) is 10.3. The smallest absolute Gasteiger partial charge is 0.142 e. The minimum absolute atomic E-state index is 0.139. The zero-order chi connectivity index (χ0) is 13.8. The fourth-order valence-electron chi connectivity index (χ4n) is 1.63. The van der Waals surface area contributed by atoms with Gasteiger partial charge in [-0.15, -0.1) is 11.6 Å². The fraction of sp³-hybridized carbons (Fsp3) is 0.214. The zero-order valence-corrected chi connectivity index (χ0v) is 12.6. The second-order valence-corrected chi connectivity index (χ2v) is 5.24. The van der Waals surface area contributed by atoms with Crippen LogP contribution in [0.3, 0.4) is 0 Å². The van der Waals surface area contributed by atoms with Crippen LogP contribution in [0.15, 0.2) is 34.8 Å². The van der Waals surface area contributed by atoms with Gasteiger partial charge in [-0.2, -0.15) is 0 Å². The van der Waals surface area contributed by atoms with Crippen LogP contribution in [0.4, 0.5) is 4.39 Å². The molecule has 0 amide bonds. The Morgan fingerprint density at radius 3 is 2.84 bits per heavy atom. The van der Waals surface area contributed by atoms with Crippen molar-refractivity contribution in [3.8, 4) is 5.75 Å². The van der Waals surface area contributed by atoms with Crippen LogP contribution in [0, 0.1) is 12.7 Å². The van der Waals surface area contributed by atoms with Gasteiger partial charge < -0.3 is 4.74 Å². The van der Waals surface area contributed by atoms with E-state index < -0.39 is 0 Å². The Hall–Kier alpha value is -1.13. The van der Waals surface area contributed by atoms with Crippen LogP contribution >= 0.6 is 27.5 Å². The Labute approximate surface area is 124 Å². The molecule has 0 fully saturated rings. The third-order valence-corrected chi connectivity index (χ3v) is 3.34. The molecule has 19 heavy (non-hydrogen) atoms. The van der Waals surface area contributed by atoms with Crippen LogP contribution < -0.4 is 4.74 Å². The SMILES string of the molecule is Cc1ccc(OCc2cc(Br)ccc2F)c(CCl)n1. The maximum Gasteiger partial charge on any atom is 0.142 e. The molecule has 5 heteroatoms. The van der Waals surface area contributed by atoms with E-state index in [1.165, 1.54) is 6.07 Å². The lowest BCUT2D eigenvalue weighted by atomic mass is 10.2. The molecule has 0 radical (unpaired) electrons. The summed E-state index contributed by atoms with van der Waals surface area (Å²) in [4.78, 5) is 4.28. The van der Waals surface area contributed by atoms with Crippen molar-refractivity contribution >= 4 is 27.5 Å². The molecule has 0 N–H and O–H groups in total. The molecule has 0 saturated carbocycles. The number of ether oxygens (including phenoxy) is 1. The van der Waals surface area contributed by atoms with Crippen molar-refractivity contribution < 1.29 is 9.13 Å². The molecule has 0 aliphatic carbocycles. The average molecular weight is 345 g/mol. The lowest BCUT2D eigenvalue weighted by molar-refractivity contribution is 0.296. The summed E-state index contributed by atoms with van der Waals surface area (Å²) in [6, 6.07) is 8.38. The van der Waals surface area contributed by atoms with Gasteiger partial charge in [-0.05, 0) is 37.3 Å². The molecule has 2 rings (SSSR count). The van der Waals surface area contributed by atoms with E-state index >= 15 is 0 Å². The summed E-state index contributed by atoms with van der Waals surface area (Å²) in [6.45, 7) is 2.02. The van der Waals surface area contributed by atoms with Crippen molar-refractivity contribution in [2.75, 3.05) is 0 Å². The molecule has 0 unspecified atom stereocenters. The first-order valence-electron chi connectivity index (χ1n) is 5.69. The first-order valence-corrected chi connectivity index (χ1v) is 7.02. The predicted octanol–water partition coefficient (Wildman–Crippen LogP) is 4.61. The molecular weight excluding hydrogens is 333 g/mol. The van der Waals surface area contributed by atoms with Gasteiger partial charge in [0.05, 0.1) is 11.6 Å². The summed E-state index contributed by atoms with van der Waals surface area (Å²) < 4.78 is 20.0. The highest BCUT2D eigenvalue weighted by Gasteiger charge is 2.08. The highest BCUT2D eigenvalue weighted by molar-refractivity contribution is 9.10. The van der Waals surface area contributed by atoms with Crippen LogP contribution in [0.5, 0.6) is 5.75 Å². The van der Waals surface area contributed by atoms with Crippen LogP contribution in [0.1, 0.15) is 17.0 Å². The number of alkyl halides is 1. The Kier molecular flexibility index (Phi) is 4.77. The van der Waals surface area contributed by atoms with Gasteiger partial charge in [0.1, 0.15) is 18.2 Å². The van der Waals surface area contributed by atoms with Crippen molar-refractivity contribution in [3.63, 3.8) is 0 Å². The van der Waals surface area contributed by atoms with E-state index in [4.69, 9.17) is 16.3 Å². The first kappa shape index (κ1) is 14.3. The largest absolute Gasteiger partial charge is 0.487 e. The van der Waals surface area contributed by atoms with Gasteiger partial charge in [-0.3, -0.25) is 4.98 Å². The second-order valence-electron chi connectivity index (χ2n) is 4.06. The van der Waals surface area contributed by atoms with E-state index in [0.717, 1.165) is 10.2 Å². The maximum absolute atomic E-state index is 13.6. The van der Waals surface area contributed by atoms with Crippen LogP contribution in [-0.4, -0.2) is 4.98 Å². The van der Waals surface area contributed by atoms with Crippen LogP contribution in [0.25, 0.3) is 0 Å². The first-order chi connectivity index (χ1) is 9.10. The van der Waals surface area contributed by atoms with Gasteiger partial charge in [0, 0.05) is 15.7 Å². The predicted molar refractivity (Wildman–Crippen MR) is 77.0 cm³/mol. The third-order valence-electron chi connectivity index (χ3n) is 2.59. The Morgan fingerprint density at radius 1 is 1.32 bits per heavy atom. The van der Waals surface area contributed by atoms with E-state index in [-0.39, 0.29) is 18.3 Å². The van der Waals surface area contributed by atoms with Crippen molar-refractivity contribution in [3.05, 3.63) is 57.6 Å². The average Bonchev–Trinajstić information content (AvgIpc) is 2.40. The molecule has 1 aromatic heterocycles. The second kappa shape index (κ2) is 6.35. The highest BCUT2D eigenvalue weighted by Crippen LogP contribution is 2.22. The minimum atomic E-state index is -0.296. The van der Waals surface area contributed by atoms with E-state index in [0.29, 0.717) is 17.0 Å². The number of nitrogens with zero attached hydrogens (tertiary/aromatic N) is 1. The number of aryl methyl sites for hydroxylation is 1. The lowest BCUT2D eigenvalue weighted by Crippen LogP contribution is -2.02. The maximum atomic E-state index is 13.6. The summed E-state index contributed by atoms with van der Waals surface area (Å²) in [5.74, 6) is 0.550. The standard InChI is InChI=1S/C14H12BrClFNO/c1-9-2-5-14(13(7-16)18-9)19-8-10-6-11(15)3-4-12(10)17/h2-6H,7-8H2,1H3. The van der Waals surface area contributed by atoms with E-state index in [2.05, 4.69) is 20.9 Å². The Bertz CT molecular complexity index is 592. The molecule has 1 aromatic carbocycles. The molecule has 0 atom stereocenters. The van der Waals surface area contributed by atoms with Crippen molar-refractivity contribution in [1.29, 1.82) is 0 Å². The minimum Gasteiger partial charge on any atom is -0.487 e. The number of pyridine rings is 1. The third kappa shape index (κ3) is 3.67. The molecule has 2 aromatic rings. The van der Waals surface area contributed by atoms with Gasteiger partial charge in [-0.1, -0.05) is 15.9 Å². The van der Waals surface area contributed by atoms with Crippen LogP contribution in [0.2, 0.25) is 0 Å². The normalized spacial score (nSPS) is 10.5. The number of hydrogen-bond donors (Lipinski definition) is 0. The summed E-state index contributed by atoms with van der Waals surface area (Å²) in [5.41, 5.74) is 2.02. The number of aromatic nitrogens is 1. The van der Waals surface area contributed by atoms with Crippen molar-refractivity contribution in [2.45, 2.75) is 19.4 Å². The molecule has 100 valence electrons. The van der Waals surface area contributed by atoms with Crippen molar-refractivity contribution in [1.82, 2.24) is 4.98 Å². The van der Waals surface area contributed by atoms with Crippen molar-refractivity contribution in [2.24, 2.45) is 0 Å². The van der Waals surface area contributed by atoms with Crippen LogP contribution in [-0.2, 0) is 12.5 Å². The molecule has 0 aliphatic heterocycles. The molecule has 1 heterocycles. The Balaban J connectivity index is 2.16. The summed E-state index contributed by atoms with van der Waals surface area (Å²) >= 11 is 9.12. The monoisotopic (exact) mass is 343 g/mol. The summed E-state index contributed by atoms with van der Waals surface area (Å²) in [5, 5.41) is 0. The molecule has 0 bridgehead atoms. The van der Waals surface area contributed by atoms with E-state index in [9.17, 15) is 4.39 Å². The number of halogens is 3. The number of benzene rings is 1. The van der Waals surface area contributed by atoms with Gasteiger partial charge in [0.25, 0.3) is 0 Å².